The molecule has 0 atom stereocenters. The Morgan fingerprint density at radius 1 is 1.10 bits per heavy atom. The first-order valence-electron chi connectivity index (χ1n) is 14.7. The third kappa shape index (κ3) is 11.1. The van der Waals surface area contributed by atoms with Crippen LogP contribution in [0.5, 0.6) is 0 Å². The lowest BCUT2D eigenvalue weighted by Crippen LogP contribution is -2.31. The fourth-order valence-electron chi connectivity index (χ4n) is 4.38. The molecule has 224 valence electrons. The van der Waals surface area contributed by atoms with Gasteiger partial charge >= 0.3 is 0 Å². The van der Waals surface area contributed by atoms with Crippen LogP contribution >= 0.6 is 0 Å². The van der Waals surface area contributed by atoms with Crippen molar-refractivity contribution >= 4 is 23.6 Å². The average molecular weight is 554 g/mol. The number of aldehydes is 1. The van der Waals surface area contributed by atoms with Crippen molar-refractivity contribution in [3.8, 4) is 0 Å². The number of amides is 1. The number of rotatable bonds is 9. The highest BCUT2D eigenvalue weighted by atomic mass is 16.1. The van der Waals surface area contributed by atoms with E-state index in [-0.39, 0.29) is 5.91 Å². The fourth-order valence-corrected chi connectivity index (χ4v) is 4.38. The molecule has 1 aromatic carbocycles. The van der Waals surface area contributed by atoms with Crippen LogP contribution in [0.25, 0.3) is 5.70 Å². The number of anilines is 1. The average Bonchev–Trinajstić information content (AvgIpc) is 3.29. The number of hydrogen-bond donors (Lipinski definition) is 3. The van der Waals surface area contributed by atoms with Gasteiger partial charge in [-0.1, -0.05) is 52.8 Å². The van der Waals surface area contributed by atoms with Gasteiger partial charge < -0.3 is 25.8 Å². The third-order valence-electron chi connectivity index (χ3n) is 6.65. The van der Waals surface area contributed by atoms with Crippen molar-refractivity contribution in [1.29, 1.82) is 0 Å². The van der Waals surface area contributed by atoms with Crippen LogP contribution < -0.4 is 16.4 Å². The highest BCUT2D eigenvalue weighted by Crippen LogP contribution is 2.29. The van der Waals surface area contributed by atoms with Gasteiger partial charge in [0.15, 0.2) is 6.29 Å². The number of carbonyl (C=O) groups excluding carboxylic acids is 2. The first-order valence-corrected chi connectivity index (χ1v) is 14.7. The number of hydrogen-bond acceptors (Lipinski definition) is 5. The van der Waals surface area contributed by atoms with Crippen molar-refractivity contribution in [3.05, 3.63) is 70.6 Å². The number of nitrogens with two attached hydrogens (primary N) is 1. The lowest BCUT2D eigenvalue weighted by molar-refractivity contribution is 0.0962. The molecule has 1 aliphatic rings. The molecule has 3 rings (SSSR count). The molecule has 0 radical (unpaired) electrons. The molecule has 40 heavy (non-hydrogen) atoms. The summed E-state index contributed by atoms with van der Waals surface area (Å²) in [5.41, 5.74) is 12.1. The number of aryl methyl sites for hydroxylation is 2. The fraction of sp³-hybridized carbons (Fsp3) is 0.515. The number of nitrogens with zero attached hydrogens (tertiary/aromatic N) is 2. The molecular formula is C33H55N5O2. The number of nitrogens with one attached hydrogen (secondary N) is 2. The van der Waals surface area contributed by atoms with E-state index in [0.29, 0.717) is 11.1 Å². The Hall–Kier alpha value is -3.16. The summed E-state index contributed by atoms with van der Waals surface area (Å²) in [5.74, 6) is -0.141. The van der Waals surface area contributed by atoms with Crippen molar-refractivity contribution in [2.24, 2.45) is 12.8 Å². The molecule has 2 aromatic rings. The molecule has 0 bridgehead atoms. The highest BCUT2D eigenvalue weighted by molar-refractivity contribution is 5.96. The number of likely N-dealkylation sites (tertiary alicyclic amines) is 1. The molecule has 1 aromatic heterocycles. The Bertz CT molecular complexity index is 1080. The number of carbonyl (C=O) groups is 2. The number of benzene rings is 1. The Morgan fingerprint density at radius 2 is 1.73 bits per heavy atom. The molecule has 1 fully saturated rings. The van der Waals surface area contributed by atoms with E-state index in [1.807, 2.05) is 78.4 Å². The van der Waals surface area contributed by atoms with Crippen LogP contribution in [0, 0.1) is 13.8 Å². The quantitative estimate of drug-likeness (QED) is 0.237. The molecular weight excluding hydrogens is 498 g/mol. The Morgan fingerprint density at radius 3 is 2.23 bits per heavy atom. The van der Waals surface area contributed by atoms with Gasteiger partial charge in [-0.15, -0.1) is 0 Å². The molecule has 4 N–H and O–H groups in total. The topological polar surface area (TPSA) is 92.4 Å². The zero-order chi connectivity index (χ0) is 30.7. The molecule has 0 saturated carbocycles. The van der Waals surface area contributed by atoms with Crippen LogP contribution in [0.3, 0.4) is 0 Å². The van der Waals surface area contributed by atoms with Crippen LogP contribution in [0.1, 0.15) is 97.8 Å². The van der Waals surface area contributed by atoms with Gasteiger partial charge in [-0.3, -0.25) is 9.59 Å². The van der Waals surface area contributed by atoms with Crippen LogP contribution in [0.4, 0.5) is 5.69 Å². The highest BCUT2D eigenvalue weighted by Gasteiger charge is 2.17. The lowest BCUT2D eigenvalue weighted by atomic mass is 10.0. The second-order valence-corrected chi connectivity index (χ2v) is 9.33. The van der Waals surface area contributed by atoms with Crippen molar-refractivity contribution in [3.63, 3.8) is 0 Å². The van der Waals surface area contributed by atoms with Crippen LogP contribution in [-0.2, 0) is 7.05 Å². The minimum absolute atomic E-state index is 0.141. The van der Waals surface area contributed by atoms with Crippen LogP contribution in [0.2, 0.25) is 0 Å². The van der Waals surface area contributed by atoms with Gasteiger partial charge in [0.05, 0.1) is 11.4 Å². The molecule has 0 unspecified atom stereocenters. The smallest absolute Gasteiger partial charge is 0.251 e. The van der Waals surface area contributed by atoms with Crippen LogP contribution in [0.15, 0.2) is 42.6 Å². The zero-order valence-electron chi connectivity index (χ0n) is 26.6. The maximum atomic E-state index is 12.0. The monoisotopic (exact) mass is 553 g/mol. The zero-order valence-corrected chi connectivity index (χ0v) is 26.6. The maximum Gasteiger partial charge on any atom is 0.251 e. The molecule has 1 saturated heterocycles. The van der Waals surface area contributed by atoms with Crippen LogP contribution in [-0.4, -0.2) is 54.9 Å². The Balaban J connectivity index is 0.000000903. The Kier molecular flexibility index (Phi) is 19.1. The predicted molar refractivity (Wildman–Crippen MR) is 173 cm³/mol. The van der Waals surface area contributed by atoms with Gasteiger partial charge in [0.2, 0.25) is 0 Å². The summed E-state index contributed by atoms with van der Waals surface area (Å²) in [6.45, 7) is 22.4. The first kappa shape index (κ1) is 36.8. The van der Waals surface area contributed by atoms with E-state index in [9.17, 15) is 9.59 Å². The minimum Gasteiger partial charge on any atom is -0.355 e. The van der Waals surface area contributed by atoms with Gasteiger partial charge in [0.25, 0.3) is 5.91 Å². The molecule has 1 amide bonds. The van der Waals surface area contributed by atoms with E-state index < -0.39 is 0 Å². The first-order chi connectivity index (χ1) is 19.3. The van der Waals surface area contributed by atoms with Crippen molar-refractivity contribution in [1.82, 2.24) is 14.8 Å². The van der Waals surface area contributed by atoms with E-state index in [1.54, 1.807) is 19.2 Å². The molecule has 7 nitrogen and oxygen atoms in total. The predicted octanol–water partition coefficient (Wildman–Crippen LogP) is 6.72. The molecule has 7 heteroatoms. The van der Waals surface area contributed by atoms with Gasteiger partial charge in [0, 0.05) is 37.1 Å². The summed E-state index contributed by atoms with van der Waals surface area (Å²) in [5, 5.41) is 6.08. The summed E-state index contributed by atoms with van der Waals surface area (Å²) in [6, 6.07) is 5.52. The number of allylic oxidation sites excluding steroid dienone is 2. The summed E-state index contributed by atoms with van der Waals surface area (Å²) in [7, 11) is 3.51. The van der Waals surface area contributed by atoms with Gasteiger partial charge in [0.1, 0.15) is 0 Å². The van der Waals surface area contributed by atoms with Gasteiger partial charge in [-0.05, 0) is 95.0 Å². The van der Waals surface area contributed by atoms with E-state index in [1.165, 1.54) is 45.3 Å². The SMILES string of the molecule is C=C/C(C)=C(/Nc1cc(C(=O)NC)ccc1C)c1c(C)c(C=O)cn1C.CC.CC.NCCCN1CCCCC1. The minimum atomic E-state index is -0.141. The maximum absolute atomic E-state index is 12.0. The largest absolute Gasteiger partial charge is 0.355 e. The summed E-state index contributed by atoms with van der Waals surface area (Å²) in [6.07, 6.45) is 9.82. The van der Waals surface area contributed by atoms with E-state index in [2.05, 4.69) is 22.1 Å². The van der Waals surface area contributed by atoms with E-state index >= 15 is 0 Å². The number of aromatic nitrogens is 1. The summed E-state index contributed by atoms with van der Waals surface area (Å²) < 4.78 is 1.92. The van der Waals surface area contributed by atoms with Gasteiger partial charge in [-0.2, -0.15) is 0 Å². The number of piperidine rings is 1. The standard InChI is InChI=1S/C21H25N3O2.C8H18N2.2C2H6/c1-7-13(2)19(20-15(4)17(12-25)11-24(20)6)23-18-10-16(21(26)22-5)9-8-14(18)3;9-5-4-8-10-6-2-1-3-7-10;2*1-2/h7-12,23H,1H2,2-6H3,(H,22,26);1-9H2;2*1-2H3/b19-13+;;;. The van der Waals surface area contributed by atoms with Crippen molar-refractivity contribution in [2.45, 2.75) is 74.1 Å². The summed E-state index contributed by atoms with van der Waals surface area (Å²) >= 11 is 0. The second-order valence-electron chi connectivity index (χ2n) is 9.33. The Labute approximate surface area is 243 Å². The van der Waals surface area contributed by atoms with Gasteiger partial charge in [-0.25, -0.2) is 0 Å². The third-order valence-corrected chi connectivity index (χ3v) is 6.65. The van der Waals surface area contributed by atoms with E-state index in [4.69, 9.17) is 5.73 Å². The molecule has 0 spiro atoms. The molecule has 0 aliphatic carbocycles. The van der Waals surface area contributed by atoms with E-state index in [0.717, 1.165) is 46.6 Å². The lowest BCUT2D eigenvalue weighted by Gasteiger charge is -2.25. The van der Waals surface area contributed by atoms with Crippen molar-refractivity contribution in [2.75, 3.05) is 38.5 Å². The van der Waals surface area contributed by atoms with Crippen molar-refractivity contribution < 1.29 is 9.59 Å². The molecule has 2 heterocycles. The summed E-state index contributed by atoms with van der Waals surface area (Å²) in [4.78, 5) is 25.8. The second kappa shape index (κ2) is 20.7. The normalized spacial score (nSPS) is 13.2. The molecule has 1 aliphatic heterocycles.